The van der Waals surface area contributed by atoms with E-state index in [0.717, 1.165) is 22.2 Å². The number of halogens is 1. The molecule has 7 nitrogen and oxygen atoms in total. The van der Waals surface area contributed by atoms with Crippen LogP contribution in [0.2, 0.25) is 5.02 Å². The lowest BCUT2D eigenvalue weighted by molar-refractivity contribution is 0.983. The number of hydrogen-bond acceptors (Lipinski definition) is 6. The molecule has 0 aliphatic rings. The molecule has 4 rings (SSSR count). The average molecular weight is 376 g/mol. The van der Waals surface area contributed by atoms with Gasteiger partial charge in [0, 0.05) is 22.2 Å². The summed E-state index contributed by atoms with van der Waals surface area (Å²) in [5.74, 6) is 1.13. The van der Waals surface area contributed by atoms with E-state index in [0.29, 0.717) is 34.4 Å². The van der Waals surface area contributed by atoms with Gasteiger partial charge in [0.05, 0.1) is 23.9 Å². The third-order valence-corrected chi connectivity index (χ3v) is 4.44. The SMILES string of the molecule is N#Cc1ccc(-c2ccnc(NCc3n[nH]c4nc(N)ccc34)c2)c(Cl)c1. The maximum absolute atomic E-state index is 8.97. The van der Waals surface area contributed by atoms with Crippen LogP contribution in [0.15, 0.2) is 48.7 Å². The standard InChI is InChI=1S/C19H14ClN7/c20-15-7-11(9-21)1-2-13(15)12-5-6-23-18(8-12)24-10-16-14-3-4-17(22)25-19(14)27-26-16/h1-8H,10H2,(H,23,24)(H3,22,25,26,27). The topological polar surface area (TPSA) is 116 Å². The summed E-state index contributed by atoms with van der Waals surface area (Å²) in [6, 6.07) is 14.7. The minimum absolute atomic E-state index is 0.444. The maximum Gasteiger partial charge on any atom is 0.157 e. The molecule has 0 aliphatic heterocycles. The number of H-pyrrole nitrogens is 1. The molecule has 0 saturated heterocycles. The van der Waals surface area contributed by atoms with Crippen LogP contribution in [0.5, 0.6) is 0 Å². The van der Waals surface area contributed by atoms with Gasteiger partial charge in [-0.15, -0.1) is 0 Å². The number of nitriles is 1. The normalized spacial score (nSPS) is 10.7. The zero-order valence-electron chi connectivity index (χ0n) is 14.1. The number of nitrogens with two attached hydrogens (primary N) is 1. The predicted molar refractivity (Wildman–Crippen MR) is 105 cm³/mol. The number of aromatic amines is 1. The minimum atomic E-state index is 0.444. The Morgan fingerprint density at radius 2 is 2.07 bits per heavy atom. The van der Waals surface area contributed by atoms with Gasteiger partial charge in [-0.3, -0.25) is 5.10 Å². The Balaban J connectivity index is 1.57. The maximum atomic E-state index is 8.97. The summed E-state index contributed by atoms with van der Waals surface area (Å²) in [4.78, 5) is 8.55. The lowest BCUT2D eigenvalue weighted by Gasteiger charge is -2.08. The summed E-state index contributed by atoms with van der Waals surface area (Å²) in [5, 5.41) is 20.8. The molecule has 0 amide bonds. The smallest absolute Gasteiger partial charge is 0.157 e. The highest BCUT2D eigenvalue weighted by Gasteiger charge is 2.09. The third kappa shape index (κ3) is 3.38. The van der Waals surface area contributed by atoms with E-state index in [4.69, 9.17) is 22.6 Å². The van der Waals surface area contributed by atoms with Crippen molar-refractivity contribution in [2.75, 3.05) is 11.1 Å². The van der Waals surface area contributed by atoms with Crippen LogP contribution in [-0.2, 0) is 6.54 Å². The number of nitrogen functional groups attached to an aromatic ring is 1. The van der Waals surface area contributed by atoms with Crippen molar-refractivity contribution in [3.05, 3.63) is 64.9 Å². The van der Waals surface area contributed by atoms with Crippen LogP contribution >= 0.6 is 11.6 Å². The Labute approximate surface area is 159 Å². The monoisotopic (exact) mass is 375 g/mol. The molecule has 4 aromatic rings. The Bertz CT molecular complexity index is 1180. The first-order valence-corrected chi connectivity index (χ1v) is 8.51. The molecule has 4 N–H and O–H groups in total. The van der Waals surface area contributed by atoms with Gasteiger partial charge >= 0.3 is 0 Å². The van der Waals surface area contributed by atoms with E-state index < -0.39 is 0 Å². The van der Waals surface area contributed by atoms with Gasteiger partial charge in [-0.1, -0.05) is 17.7 Å². The van der Waals surface area contributed by atoms with Crippen molar-refractivity contribution in [3.8, 4) is 17.2 Å². The summed E-state index contributed by atoms with van der Waals surface area (Å²) >= 11 is 6.31. The van der Waals surface area contributed by atoms with Crippen molar-refractivity contribution in [2.24, 2.45) is 0 Å². The van der Waals surface area contributed by atoms with E-state index in [2.05, 4.69) is 31.6 Å². The van der Waals surface area contributed by atoms with E-state index >= 15 is 0 Å². The highest BCUT2D eigenvalue weighted by molar-refractivity contribution is 6.33. The second-order valence-corrected chi connectivity index (χ2v) is 6.30. The lowest BCUT2D eigenvalue weighted by Crippen LogP contribution is -2.02. The number of nitrogens with zero attached hydrogens (tertiary/aromatic N) is 4. The molecule has 0 spiro atoms. The Morgan fingerprint density at radius 3 is 2.89 bits per heavy atom. The summed E-state index contributed by atoms with van der Waals surface area (Å²) < 4.78 is 0. The number of anilines is 2. The van der Waals surface area contributed by atoms with Gasteiger partial charge in [-0.25, -0.2) is 9.97 Å². The van der Waals surface area contributed by atoms with Gasteiger partial charge < -0.3 is 11.1 Å². The number of fused-ring (bicyclic) bond motifs is 1. The minimum Gasteiger partial charge on any atom is -0.384 e. The number of aromatic nitrogens is 4. The molecule has 0 radical (unpaired) electrons. The van der Waals surface area contributed by atoms with Crippen LogP contribution in [0, 0.1) is 11.3 Å². The van der Waals surface area contributed by atoms with Crippen molar-refractivity contribution in [3.63, 3.8) is 0 Å². The molecule has 0 aliphatic carbocycles. The Hall–Kier alpha value is -3.63. The number of pyridine rings is 2. The first kappa shape index (κ1) is 16.8. The molecule has 3 aromatic heterocycles. The van der Waals surface area contributed by atoms with E-state index in [1.54, 1.807) is 24.4 Å². The second-order valence-electron chi connectivity index (χ2n) is 5.89. The van der Waals surface area contributed by atoms with Crippen LogP contribution in [-0.4, -0.2) is 20.2 Å². The fraction of sp³-hybridized carbons (Fsp3) is 0.0526. The molecule has 132 valence electrons. The van der Waals surface area contributed by atoms with Crippen LogP contribution in [0.3, 0.4) is 0 Å². The van der Waals surface area contributed by atoms with Gasteiger partial charge in [0.2, 0.25) is 0 Å². The summed E-state index contributed by atoms with van der Waals surface area (Å²) in [7, 11) is 0. The summed E-state index contributed by atoms with van der Waals surface area (Å²) in [5.41, 5.74) is 9.43. The van der Waals surface area contributed by atoms with Crippen molar-refractivity contribution < 1.29 is 0 Å². The first-order chi connectivity index (χ1) is 13.1. The third-order valence-electron chi connectivity index (χ3n) is 4.13. The fourth-order valence-corrected chi connectivity index (χ4v) is 3.09. The molecular weight excluding hydrogens is 362 g/mol. The van der Waals surface area contributed by atoms with Crippen molar-refractivity contribution in [1.82, 2.24) is 20.2 Å². The second kappa shape index (κ2) is 6.94. The zero-order chi connectivity index (χ0) is 18.8. The van der Waals surface area contributed by atoms with Crippen molar-refractivity contribution >= 4 is 34.3 Å². The van der Waals surface area contributed by atoms with Crippen LogP contribution < -0.4 is 11.1 Å². The molecule has 0 saturated carbocycles. The Kier molecular flexibility index (Phi) is 4.32. The summed E-state index contributed by atoms with van der Waals surface area (Å²) in [6.07, 6.45) is 1.71. The largest absolute Gasteiger partial charge is 0.384 e. The van der Waals surface area contributed by atoms with Gasteiger partial charge in [-0.2, -0.15) is 10.4 Å². The first-order valence-electron chi connectivity index (χ1n) is 8.13. The predicted octanol–water partition coefficient (Wildman–Crippen LogP) is 3.74. The molecule has 0 fully saturated rings. The number of benzene rings is 1. The number of nitrogens with one attached hydrogen (secondary N) is 2. The molecule has 8 heteroatoms. The van der Waals surface area contributed by atoms with Crippen LogP contribution in [0.4, 0.5) is 11.6 Å². The molecule has 0 atom stereocenters. The van der Waals surface area contributed by atoms with E-state index in [1.807, 2.05) is 24.3 Å². The van der Waals surface area contributed by atoms with Crippen LogP contribution in [0.1, 0.15) is 11.3 Å². The zero-order valence-corrected chi connectivity index (χ0v) is 14.8. The molecule has 0 unspecified atom stereocenters. The van der Waals surface area contributed by atoms with Gasteiger partial charge in [-0.05, 0) is 42.0 Å². The van der Waals surface area contributed by atoms with Gasteiger partial charge in [0.1, 0.15) is 11.6 Å². The van der Waals surface area contributed by atoms with E-state index in [1.165, 1.54) is 0 Å². The summed E-state index contributed by atoms with van der Waals surface area (Å²) in [6.45, 7) is 0.475. The molecular formula is C19H14ClN7. The lowest BCUT2D eigenvalue weighted by atomic mass is 10.1. The van der Waals surface area contributed by atoms with E-state index in [9.17, 15) is 0 Å². The van der Waals surface area contributed by atoms with Gasteiger partial charge in [0.25, 0.3) is 0 Å². The molecule has 1 aromatic carbocycles. The van der Waals surface area contributed by atoms with Crippen molar-refractivity contribution in [1.29, 1.82) is 5.26 Å². The fourth-order valence-electron chi connectivity index (χ4n) is 2.80. The highest BCUT2D eigenvalue weighted by Crippen LogP contribution is 2.29. The quantitative estimate of drug-likeness (QED) is 0.500. The number of hydrogen-bond donors (Lipinski definition) is 3. The Morgan fingerprint density at radius 1 is 1.19 bits per heavy atom. The molecule has 27 heavy (non-hydrogen) atoms. The van der Waals surface area contributed by atoms with Gasteiger partial charge in [0.15, 0.2) is 5.65 Å². The highest BCUT2D eigenvalue weighted by atomic mass is 35.5. The van der Waals surface area contributed by atoms with Crippen LogP contribution in [0.25, 0.3) is 22.2 Å². The average Bonchev–Trinajstić information content (AvgIpc) is 3.08. The number of rotatable bonds is 4. The molecule has 0 bridgehead atoms. The van der Waals surface area contributed by atoms with E-state index in [-0.39, 0.29) is 0 Å². The molecule has 3 heterocycles. The van der Waals surface area contributed by atoms with Crippen molar-refractivity contribution in [2.45, 2.75) is 6.54 Å².